The molecule has 0 radical (unpaired) electrons. The van der Waals surface area contributed by atoms with Crippen LogP contribution in [0.3, 0.4) is 0 Å². The maximum absolute atomic E-state index is 9.72. The molecule has 0 saturated heterocycles. The Bertz CT molecular complexity index is 101. The Balaban J connectivity index is 0. The van der Waals surface area contributed by atoms with Crippen LogP contribution in [0.1, 0.15) is 13.8 Å². The summed E-state index contributed by atoms with van der Waals surface area (Å²) in [7, 11) is 2.52. The van der Waals surface area contributed by atoms with Gasteiger partial charge < -0.3 is 14.6 Å². The van der Waals surface area contributed by atoms with Gasteiger partial charge in [-0.25, -0.2) is 0 Å². The number of carbonyl (C=O) groups excluding carboxylic acids is 1. The predicted molar refractivity (Wildman–Crippen MR) is 38.8 cm³/mol. The van der Waals surface area contributed by atoms with Crippen LogP contribution in [0.15, 0.2) is 0 Å². The molecular formula is C4H8NNaO2S2. The molecule has 6 heteroatoms. The first-order valence-electron chi connectivity index (χ1n) is 2.42. The van der Waals surface area contributed by atoms with Crippen molar-refractivity contribution >= 4 is 27.9 Å². The molecule has 54 valence electrons. The van der Waals surface area contributed by atoms with Crippen molar-refractivity contribution in [2.45, 2.75) is 19.1 Å². The molecule has 1 amide bonds. The van der Waals surface area contributed by atoms with Gasteiger partial charge in [0.1, 0.15) is 6.09 Å². The molecule has 0 aromatic rings. The first kappa shape index (κ1) is 13.6. The minimum absolute atomic E-state index is 0. The average molecular weight is 189 g/mol. The van der Waals surface area contributed by atoms with Gasteiger partial charge in [-0.3, -0.25) is 0 Å². The van der Waals surface area contributed by atoms with E-state index in [0.29, 0.717) is 5.25 Å². The SMILES string of the molecule is CC(C)SSNC(=O)[O-].[Na+]. The summed E-state index contributed by atoms with van der Waals surface area (Å²) in [6.45, 7) is 3.96. The van der Waals surface area contributed by atoms with Crippen LogP contribution in [0.2, 0.25) is 0 Å². The zero-order chi connectivity index (χ0) is 7.28. The van der Waals surface area contributed by atoms with Gasteiger partial charge in [-0.2, -0.15) is 0 Å². The number of amides is 1. The Kier molecular flexibility index (Phi) is 10.9. The van der Waals surface area contributed by atoms with E-state index in [-0.39, 0.29) is 29.6 Å². The van der Waals surface area contributed by atoms with Crippen LogP contribution in [0.5, 0.6) is 0 Å². The fraction of sp³-hybridized carbons (Fsp3) is 0.750. The van der Waals surface area contributed by atoms with E-state index in [2.05, 4.69) is 4.72 Å². The van der Waals surface area contributed by atoms with E-state index in [0.717, 1.165) is 11.0 Å². The van der Waals surface area contributed by atoms with E-state index in [4.69, 9.17) is 0 Å². The first-order valence-corrected chi connectivity index (χ1v) is 4.63. The number of hydrogen-bond donors (Lipinski definition) is 1. The van der Waals surface area contributed by atoms with Gasteiger partial charge in [0, 0.05) is 16.2 Å². The van der Waals surface area contributed by atoms with Gasteiger partial charge in [0.25, 0.3) is 0 Å². The van der Waals surface area contributed by atoms with Gasteiger partial charge in [-0.05, 0) is 0 Å². The Hall–Kier alpha value is 0.970. The minimum atomic E-state index is -1.24. The van der Waals surface area contributed by atoms with Gasteiger partial charge in [-0.1, -0.05) is 24.6 Å². The molecule has 0 aliphatic carbocycles. The molecule has 0 bridgehead atoms. The Morgan fingerprint density at radius 2 is 2.10 bits per heavy atom. The Morgan fingerprint density at radius 3 is 2.40 bits per heavy atom. The van der Waals surface area contributed by atoms with E-state index < -0.39 is 6.09 Å². The summed E-state index contributed by atoms with van der Waals surface area (Å²) in [6.07, 6.45) is -1.24. The minimum Gasteiger partial charge on any atom is -0.529 e. The largest absolute Gasteiger partial charge is 1.00 e. The maximum Gasteiger partial charge on any atom is 1.00 e. The third-order valence-electron chi connectivity index (χ3n) is 0.366. The van der Waals surface area contributed by atoms with E-state index >= 15 is 0 Å². The number of carbonyl (C=O) groups is 1. The zero-order valence-corrected chi connectivity index (χ0v) is 9.84. The Morgan fingerprint density at radius 1 is 1.60 bits per heavy atom. The molecule has 0 fully saturated rings. The molecule has 0 heterocycles. The van der Waals surface area contributed by atoms with E-state index in [1.54, 1.807) is 0 Å². The molecule has 0 atom stereocenters. The van der Waals surface area contributed by atoms with Gasteiger partial charge in [0.2, 0.25) is 0 Å². The summed E-state index contributed by atoms with van der Waals surface area (Å²) >= 11 is 0. The molecule has 0 aromatic heterocycles. The topological polar surface area (TPSA) is 52.2 Å². The van der Waals surface area contributed by atoms with Crippen LogP contribution in [-0.4, -0.2) is 11.3 Å². The summed E-state index contributed by atoms with van der Waals surface area (Å²) in [6, 6.07) is 0. The van der Waals surface area contributed by atoms with E-state index in [1.807, 2.05) is 13.8 Å². The number of hydrogen-bond acceptors (Lipinski definition) is 4. The molecule has 0 aliphatic rings. The summed E-state index contributed by atoms with van der Waals surface area (Å²) in [4.78, 5) is 9.72. The van der Waals surface area contributed by atoms with Crippen molar-refractivity contribution in [2.24, 2.45) is 0 Å². The summed E-state index contributed by atoms with van der Waals surface area (Å²) in [5.74, 6) is 0. The van der Waals surface area contributed by atoms with Gasteiger partial charge in [0.05, 0.1) is 0 Å². The number of nitrogens with one attached hydrogen (secondary N) is 1. The van der Waals surface area contributed by atoms with Crippen LogP contribution in [-0.2, 0) is 0 Å². The fourth-order valence-electron chi connectivity index (χ4n) is 0.154. The third-order valence-corrected chi connectivity index (χ3v) is 2.79. The molecule has 0 spiro atoms. The van der Waals surface area contributed by atoms with Gasteiger partial charge in [-0.15, -0.1) is 0 Å². The number of rotatable bonds is 3. The van der Waals surface area contributed by atoms with Crippen molar-refractivity contribution in [1.29, 1.82) is 0 Å². The third kappa shape index (κ3) is 11.7. The van der Waals surface area contributed by atoms with Crippen LogP contribution in [0.4, 0.5) is 4.79 Å². The molecule has 0 aromatic carbocycles. The number of carboxylic acid groups (broad SMARTS) is 1. The van der Waals surface area contributed by atoms with Gasteiger partial charge >= 0.3 is 29.6 Å². The second kappa shape index (κ2) is 8.07. The maximum atomic E-state index is 9.72. The van der Waals surface area contributed by atoms with Crippen LogP contribution in [0.25, 0.3) is 0 Å². The molecule has 1 N–H and O–H groups in total. The van der Waals surface area contributed by atoms with Crippen molar-refractivity contribution in [1.82, 2.24) is 4.72 Å². The Labute approximate surface area is 90.5 Å². The molecular weight excluding hydrogens is 181 g/mol. The molecule has 3 nitrogen and oxygen atoms in total. The second-order valence-corrected chi connectivity index (χ2v) is 4.20. The van der Waals surface area contributed by atoms with Crippen LogP contribution < -0.4 is 39.4 Å². The van der Waals surface area contributed by atoms with Crippen molar-refractivity contribution in [3.63, 3.8) is 0 Å². The summed E-state index contributed by atoms with van der Waals surface area (Å²) < 4.78 is 2.06. The van der Waals surface area contributed by atoms with Crippen LogP contribution in [0, 0.1) is 0 Å². The first-order chi connectivity index (χ1) is 4.13. The molecule has 0 rings (SSSR count). The van der Waals surface area contributed by atoms with Gasteiger partial charge in [0.15, 0.2) is 0 Å². The zero-order valence-electron chi connectivity index (χ0n) is 6.21. The van der Waals surface area contributed by atoms with Crippen molar-refractivity contribution in [3.05, 3.63) is 0 Å². The molecule has 0 aliphatic heterocycles. The predicted octanol–water partition coefficient (Wildman–Crippen LogP) is -2.37. The monoisotopic (exact) mass is 189 g/mol. The summed E-state index contributed by atoms with van der Waals surface area (Å²) in [5.41, 5.74) is 0. The van der Waals surface area contributed by atoms with E-state index in [1.165, 1.54) is 10.8 Å². The molecule has 0 unspecified atom stereocenters. The van der Waals surface area contributed by atoms with Crippen LogP contribution >= 0.6 is 21.8 Å². The quantitative estimate of drug-likeness (QED) is 0.306. The standard InChI is InChI=1S/C4H9NO2S2.Na/c1-3(2)8-9-5-4(6)7;/h3,5H,1-2H3,(H,6,7);/q;+1/p-1. The van der Waals surface area contributed by atoms with E-state index in [9.17, 15) is 9.90 Å². The smallest absolute Gasteiger partial charge is 0.529 e. The fourth-order valence-corrected chi connectivity index (χ4v) is 1.39. The second-order valence-electron chi connectivity index (χ2n) is 1.62. The average Bonchev–Trinajstić information content (AvgIpc) is 1.63. The van der Waals surface area contributed by atoms with Crippen molar-refractivity contribution < 1.29 is 39.5 Å². The molecule has 10 heavy (non-hydrogen) atoms. The molecule has 0 saturated carbocycles. The van der Waals surface area contributed by atoms with Crippen molar-refractivity contribution in [3.8, 4) is 0 Å². The summed E-state index contributed by atoms with van der Waals surface area (Å²) in [5, 5.41) is 10.1. The van der Waals surface area contributed by atoms with Crippen molar-refractivity contribution in [2.75, 3.05) is 0 Å². The normalized spacial score (nSPS) is 8.70.